The highest BCUT2D eigenvalue weighted by Crippen LogP contribution is 2.16. The van der Waals surface area contributed by atoms with Crippen LogP contribution in [0, 0.1) is 11.3 Å². The molecular formula is C15H11N3O3. The Hall–Kier alpha value is -3.20. The highest BCUT2D eigenvalue weighted by Gasteiger charge is 2.15. The number of amides is 1. The van der Waals surface area contributed by atoms with Gasteiger partial charge in [-0.25, -0.2) is 4.79 Å². The van der Waals surface area contributed by atoms with Gasteiger partial charge in [-0.2, -0.15) is 5.26 Å². The van der Waals surface area contributed by atoms with Crippen molar-refractivity contribution in [3.05, 3.63) is 59.4 Å². The summed E-state index contributed by atoms with van der Waals surface area (Å²) in [6.45, 7) is 0. The molecule has 2 aromatic rings. The van der Waals surface area contributed by atoms with Gasteiger partial charge >= 0.3 is 5.97 Å². The van der Waals surface area contributed by atoms with E-state index in [4.69, 9.17) is 10.4 Å². The second-order valence-corrected chi connectivity index (χ2v) is 4.26. The van der Waals surface area contributed by atoms with E-state index in [1.165, 1.54) is 17.0 Å². The van der Waals surface area contributed by atoms with E-state index in [1.54, 1.807) is 31.3 Å². The maximum absolute atomic E-state index is 12.3. The maximum atomic E-state index is 12.3. The Balaban J connectivity index is 2.26. The van der Waals surface area contributed by atoms with Crippen molar-refractivity contribution in [3.8, 4) is 6.07 Å². The average Bonchev–Trinajstić information content (AvgIpc) is 2.53. The minimum absolute atomic E-state index is 0.0145. The van der Waals surface area contributed by atoms with Gasteiger partial charge in [0.25, 0.3) is 5.91 Å². The molecule has 21 heavy (non-hydrogen) atoms. The number of hydrogen-bond donors (Lipinski definition) is 1. The lowest BCUT2D eigenvalue weighted by Gasteiger charge is -2.17. The molecule has 0 radical (unpaired) electrons. The second kappa shape index (κ2) is 5.84. The van der Waals surface area contributed by atoms with Crippen molar-refractivity contribution >= 4 is 17.6 Å². The summed E-state index contributed by atoms with van der Waals surface area (Å²) in [5.74, 6) is -1.49. The smallest absolute Gasteiger partial charge is 0.337 e. The third-order valence-electron chi connectivity index (χ3n) is 2.90. The lowest BCUT2D eigenvalue weighted by atomic mass is 10.2. The molecule has 1 aromatic heterocycles. The molecule has 2 rings (SSSR count). The molecule has 1 heterocycles. The Morgan fingerprint density at radius 3 is 2.62 bits per heavy atom. The molecule has 0 bridgehead atoms. The van der Waals surface area contributed by atoms with Crippen molar-refractivity contribution in [2.45, 2.75) is 0 Å². The van der Waals surface area contributed by atoms with Crippen LogP contribution in [0.5, 0.6) is 0 Å². The zero-order valence-corrected chi connectivity index (χ0v) is 11.1. The lowest BCUT2D eigenvalue weighted by molar-refractivity contribution is 0.0695. The van der Waals surface area contributed by atoms with Gasteiger partial charge in [-0.15, -0.1) is 0 Å². The van der Waals surface area contributed by atoms with Crippen LogP contribution in [-0.2, 0) is 0 Å². The first-order valence-corrected chi connectivity index (χ1v) is 6.00. The number of carbonyl (C=O) groups excluding carboxylic acids is 1. The fourth-order valence-electron chi connectivity index (χ4n) is 1.72. The molecule has 0 fully saturated rings. The standard InChI is InChI=1S/C15H11N3O3/c1-18(12-4-2-3-10(7-12)8-16)14(19)13-6-5-11(9-17-13)15(20)21/h2-7,9H,1H3,(H,20,21). The highest BCUT2D eigenvalue weighted by atomic mass is 16.4. The maximum Gasteiger partial charge on any atom is 0.337 e. The van der Waals surface area contributed by atoms with Gasteiger partial charge in [-0.05, 0) is 30.3 Å². The van der Waals surface area contributed by atoms with E-state index in [1.807, 2.05) is 6.07 Å². The predicted octanol–water partition coefficient (Wildman–Crippen LogP) is 1.93. The Morgan fingerprint density at radius 1 is 1.29 bits per heavy atom. The zero-order chi connectivity index (χ0) is 15.4. The minimum atomic E-state index is -1.10. The monoisotopic (exact) mass is 281 g/mol. The summed E-state index contributed by atoms with van der Waals surface area (Å²) in [5, 5.41) is 17.7. The van der Waals surface area contributed by atoms with Gasteiger partial charge in [0.2, 0.25) is 0 Å². The number of pyridine rings is 1. The van der Waals surface area contributed by atoms with Crippen molar-refractivity contribution in [3.63, 3.8) is 0 Å². The molecule has 0 saturated heterocycles. The lowest BCUT2D eigenvalue weighted by Crippen LogP contribution is -2.27. The van der Waals surface area contributed by atoms with Crippen molar-refractivity contribution in [2.24, 2.45) is 0 Å². The fraction of sp³-hybridized carbons (Fsp3) is 0.0667. The average molecular weight is 281 g/mol. The van der Waals surface area contributed by atoms with Crippen LogP contribution in [-0.4, -0.2) is 29.0 Å². The first-order valence-electron chi connectivity index (χ1n) is 6.00. The van der Waals surface area contributed by atoms with E-state index in [2.05, 4.69) is 4.98 Å². The molecule has 6 nitrogen and oxygen atoms in total. The van der Waals surface area contributed by atoms with Gasteiger partial charge in [0.05, 0.1) is 17.2 Å². The summed E-state index contributed by atoms with van der Waals surface area (Å²) in [6, 6.07) is 11.3. The molecule has 0 aliphatic heterocycles. The molecule has 0 unspecified atom stereocenters. The van der Waals surface area contributed by atoms with Crippen LogP contribution >= 0.6 is 0 Å². The first-order chi connectivity index (χ1) is 10.0. The summed E-state index contributed by atoms with van der Waals surface area (Å²) in [5.41, 5.74) is 1.15. The van der Waals surface area contributed by atoms with E-state index in [9.17, 15) is 9.59 Å². The van der Waals surface area contributed by atoms with Crippen LogP contribution in [0.1, 0.15) is 26.4 Å². The van der Waals surface area contributed by atoms with Gasteiger partial charge < -0.3 is 10.0 Å². The number of rotatable bonds is 3. The van der Waals surface area contributed by atoms with Crippen LogP contribution < -0.4 is 4.90 Å². The van der Waals surface area contributed by atoms with E-state index < -0.39 is 5.97 Å². The Labute approximate surface area is 120 Å². The Morgan fingerprint density at radius 2 is 2.05 bits per heavy atom. The summed E-state index contributed by atoms with van der Waals surface area (Å²) >= 11 is 0. The van der Waals surface area contributed by atoms with Gasteiger partial charge in [0.1, 0.15) is 5.69 Å². The molecule has 0 aliphatic carbocycles. The molecule has 104 valence electrons. The Kier molecular flexibility index (Phi) is 3.95. The van der Waals surface area contributed by atoms with Crippen molar-refractivity contribution in [2.75, 3.05) is 11.9 Å². The van der Waals surface area contributed by atoms with Crippen LogP contribution in [0.4, 0.5) is 5.69 Å². The molecular weight excluding hydrogens is 270 g/mol. The number of aromatic nitrogens is 1. The number of hydrogen-bond acceptors (Lipinski definition) is 4. The van der Waals surface area contributed by atoms with Crippen molar-refractivity contribution < 1.29 is 14.7 Å². The van der Waals surface area contributed by atoms with Crippen molar-refractivity contribution in [1.82, 2.24) is 4.98 Å². The normalized spacial score (nSPS) is 9.71. The van der Waals surface area contributed by atoms with Crippen LogP contribution in [0.25, 0.3) is 0 Å². The molecule has 6 heteroatoms. The van der Waals surface area contributed by atoms with Gasteiger partial charge in [-0.1, -0.05) is 6.07 Å². The molecule has 1 aromatic carbocycles. The number of carboxylic acid groups (broad SMARTS) is 1. The molecule has 0 spiro atoms. The van der Waals surface area contributed by atoms with E-state index in [0.717, 1.165) is 6.20 Å². The number of aromatic carboxylic acids is 1. The van der Waals surface area contributed by atoms with E-state index in [0.29, 0.717) is 11.3 Å². The Bertz CT molecular complexity index is 733. The second-order valence-electron chi connectivity index (χ2n) is 4.26. The van der Waals surface area contributed by atoms with Crippen LogP contribution in [0.3, 0.4) is 0 Å². The molecule has 1 N–H and O–H groups in total. The summed E-state index contributed by atoms with van der Waals surface area (Å²) in [6.07, 6.45) is 1.13. The third-order valence-corrected chi connectivity index (χ3v) is 2.90. The van der Waals surface area contributed by atoms with Gasteiger partial charge in [0, 0.05) is 18.9 Å². The molecule has 0 saturated carbocycles. The minimum Gasteiger partial charge on any atom is -0.478 e. The number of benzene rings is 1. The van der Waals surface area contributed by atoms with Crippen LogP contribution in [0.15, 0.2) is 42.6 Å². The first kappa shape index (κ1) is 14.2. The quantitative estimate of drug-likeness (QED) is 0.927. The largest absolute Gasteiger partial charge is 0.478 e. The number of nitriles is 1. The highest BCUT2D eigenvalue weighted by molar-refractivity contribution is 6.04. The molecule has 0 atom stereocenters. The fourth-order valence-corrected chi connectivity index (χ4v) is 1.72. The number of anilines is 1. The van der Waals surface area contributed by atoms with Gasteiger partial charge in [0.15, 0.2) is 0 Å². The van der Waals surface area contributed by atoms with E-state index in [-0.39, 0.29) is 17.2 Å². The third kappa shape index (κ3) is 3.04. The summed E-state index contributed by atoms with van der Waals surface area (Å²) in [4.78, 5) is 28.2. The topological polar surface area (TPSA) is 94.3 Å². The predicted molar refractivity (Wildman–Crippen MR) is 75.1 cm³/mol. The van der Waals surface area contributed by atoms with Gasteiger partial charge in [-0.3, -0.25) is 9.78 Å². The summed E-state index contributed by atoms with van der Waals surface area (Å²) < 4.78 is 0. The molecule has 1 amide bonds. The van der Waals surface area contributed by atoms with Crippen molar-refractivity contribution in [1.29, 1.82) is 5.26 Å². The number of nitrogens with zero attached hydrogens (tertiary/aromatic N) is 3. The van der Waals surface area contributed by atoms with Crippen LogP contribution in [0.2, 0.25) is 0 Å². The summed E-state index contributed by atoms with van der Waals surface area (Å²) in [7, 11) is 1.56. The molecule has 0 aliphatic rings. The number of carboxylic acids is 1. The van der Waals surface area contributed by atoms with E-state index >= 15 is 0 Å². The number of carbonyl (C=O) groups is 2. The SMILES string of the molecule is CN(C(=O)c1ccc(C(=O)O)cn1)c1cccc(C#N)c1. The zero-order valence-electron chi connectivity index (χ0n) is 11.1.